The summed E-state index contributed by atoms with van der Waals surface area (Å²) in [4.78, 5) is 56.6. The maximum Gasteiger partial charge on any atom is 0.616 e. The smallest absolute Gasteiger partial charge is 0.500 e. The molecule has 1 fully saturated rings. The Balaban J connectivity index is 1.28. The molecular formula is C20H24N10O12P2S+2. The minimum absolute atomic E-state index is 0.112. The van der Waals surface area contributed by atoms with Crippen LogP contribution in [0.3, 0.4) is 0 Å². The fourth-order valence-electron chi connectivity index (χ4n) is 4.76. The van der Waals surface area contributed by atoms with Crippen LogP contribution in [-0.2, 0) is 24.9 Å². The van der Waals surface area contributed by atoms with Gasteiger partial charge in [-0.3, -0.25) is 28.7 Å². The number of hydrogen-bond donors (Lipinski definition) is 12. The van der Waals surface area contributed by atoms with Gasteiger partial charge in [-0.2, -0.15) is 19.7 Å². The van der Waals surface area contributed by atoms with Gasteiger partial charge in [-0.05, 0) is 0 Å². The Hall–Kier alpha value is -4.18. The number of furan rings is 1. The van der Waals surface area contributed by atoms with Crippen molar-refractivity contribution in [2.45, 2.75) is 18.9 Å². The number of nitrogens with zero attached hydrogens (tertiary/aromatic N) is 4. The van der Waals surface area contributed by atoms with Crippen LogP contribution < -0.4 is 42.4 Å². The molecule has 4 aliphatic rings. The van der Waals surface area contributed by atoms with Crippen LogP contribution in [0.1, 0.15) is 5.76 Å². The number of aromatic amines is 1. The number of imidazole rings is 1. The number of nitrogens with two attached hydrogens (primary N) is 2. The van der Waals surface area contributed by atoms with Crippen LogP contribution in [0.15, 0.2) is 44.8 Å². The highest BCUT2D eigenvalue weighted by atomic mass is 32.7. The van der Waals surface area contributed by atoms with E-state index in [1.807, 2.05) is 0 Å². The molecule has 0 spiro atoms. The molecule has 13 N–H and O–H groups in total. The van der Waals surface area contributed by atoms with Crippen molar-refractivity contribution in [1.29, 1.82) is 0 Å². The second kappa shape index (κ2) is 10.4. The summed E-state index contributed by atoms with van der Waals surface area (Å²) in [7, 11) is -9.16. The Morgan fingerprint density at radius 2 is 1.98 bits per heavy atom. The number of aromatic nitrogens is 4. The Morgan fingerprint density at radius 3 is 2.78 bits per heavy atom. The molecule has 1 saturated heterocycles. The van der Waals surface area contributed by atoms with E-state index in [1.165, 1.54) is 4.90 Å². The van der Waals surface area contributed by atoms with Gasteiger partial charge >= 0.3 is 15.3 Å². The Morgan fingerprint density at radius 1 is 1.18 bits per heavy atom. The zero-order chi connectivity index (χ0) is 31.8. The fraction of sp³-hybridized carbons (Fsp3) is 0.250. The number of fused-ring (bicyclic) bond motifs is 5. The largest absolute Gasteiger partial charge is 0.616 e. The third-order valence-corrected chi connectivity index (χ3v) is 8.95. The second-order valence-electron chi connectivity index (χ2n) is 9.58. The molecule has 25 heteroatoms. The maximum absolute atomic E-state index is 12.3. The number of nitrogen functional groups attached to an aromatic ring is 1. The Kier molecular flexibility index (Phi) is 6.85. The van der Waals surface area contributed by atoms with Crippen LogP contribution in [0.2, 0.25) is 0 Å². The number of rotatable bonds is 2. The molecule has 3 atom stereocenters. The van der Waals surface area contributed by atoms with E-state index in [9.17, 15) is 29.7 Å². The lowest BCUT2D eigenvalue weighted by atomic mass is 10.3. The molecule has 2 unspecified atom stereocenters. The minimum atomic E-state index is -4.91. The number of ether oxygens (including phenoxy) is 1. The van der Waals surface area contributed by atoms with E-state index in [0.29, 0.717) is 18.2 Å². The standard InChI is InChI=1S/C20H22N10O12P2S/c21-14-8-15(24-3-23-14)29(4-25-8)18-11(32)12-7(40-18)2-37-43(34,35)41-13-10(31)6(1-38-44(36,45)42-12)39-19(13)30-5-26-9-16(30)27-20(22)28-17(9)33/h1,5,10,15,23-25,31,34-36,45H,2-4,21H2,(H2-2,22,27,28,32,33)/p+2/b6-1+/t10-,15?,44?/m1/s1. The first-order valence-electron chi connectivity index (χ1n) is 12.6. The zero-order valence-electron chi connectivity index (χ0n) is 22.3. The molecule has 3 aromatic rings. The maximum atomic E-state index is 12.3. The van der Waals surface area contributed by atoms with Crippen molar-refractivity contribution >= 4 is 56.4 Å². The lowest BCUT2D eigenvalue weighted by Gasteiger charge is -2.28. The lowest BCUT2D eigenvalue weighted by Crippen LogP contribution is -2.51. The van der Waals surface area contributed by atoms with Crippen molar-refractivity contribution in [1.82, 2.24) is 35.5 Å². The van der Waals surface area contributed by atoms with Gasteiger partial charge in [0.05, 0.1) is 19.0 Å². The van der Waals surface area contributed by atoms with Crippen molar-refractivity contribution in [3.63, 3.8) is 0 Å². The van der Waals surface area contributed by atoms with Crippen LogP contribution in [0, 0.1) is 0 Å². The molecule has 0 aliphatic carbocycles. The number of nitrogens with one attached hydrogen (secondary N) is 4. The van der Waals surface area contributed by atoms with Gasteiger partial charge in [0, 0.05) is 0 Å². The average Bonchev–Trinajstić information content (AvgIpc) is 3.72. The number of H-pyrrole nitrogens is 1. The first-order valence-corrected chi connectivity index (χ1v) is 16.8. The van der Waals surface area contributed by atoms with Gasteiger partial charge in [-0.15, -0.1) is 4.52 Å². The SMILES string of the molecule is NC1=C2NCN(c3oc4c(c3O)O[P+](O)(S)O/C=C3/OC(n5cnc6c(=O)[nH]c(N)nc65)=C(O[P+](O)(O)OC4)[C@@H]3O)C2NCN1. The number of aliphatic hydroxyl groups is 1. The van der Waals surface area contributed by atoms with E-state index < -0.39 is 68.7 Å². The summed E-state index contributed by atoms with van der Waals surface area (Å²) in [6.45, 7) is -0.408. The van der Waals surface area contributed by atoms with Crippen molar-refractivity contribution in [2.24, 2.45) is 5.73 Å². The van der Waals surface area contributed by atoms with Gasteiger partial charge in [0.1, 0.15) is 30.6 Å². The summed E-state index contributed by atoms with van der Waals surface area (Å²) in [6, 6.07) is 0. The highest BCUT2D eigenvalue weighted by molar-refractivity contribution is 8.47. The monoisotopic (exact) mass is 690 g/mol. The van der Waals surface area contributed by atoms with E-state index in [0.717, 1.165) is 17.2 Å². The van der Waals surface area contributed by atoms with E-state index in [-0.39, 0.29) is 35.4 Å². The summed E-state index contributed by atoms with van der Waals surface area (Å²) < 4.78 is 33.9. The van der Waals surface area contributed by atoms with Crippen LogP contribution >= 0.6 is 27.6 Å². The van der Waals surface area contributed by atoms with Crippen molar-refractivity contribution in [3.05, 3.63) is 51.7 Å². The number of thiol groups is 1. The van der Waals surface area contributed by atoms with Crippen molar-refractivity contribution < 1.29 is 52.1 Å². The predicted molar refractivity (Wildman–Crippen MR) is 155 cm³/mol. The first kappa shape index (κ1) is 29.5. The molecule has 0 saturated carbocycles. The summed E-state index contributed by atoms with van der Waals surface area (Å²) in [5.74, 6) is -3.08. The molecule has 22 nitrogen and oxygen atoms in total. The third-order valence-electron chi connectivity index (χ3n) is 6.73. The fourth-order valence-corrected chi connectivity index (χ4v) is 6.63. The molecule has 240 valence electrons. The quantitative estimate of drug-likeness (QED) is 0.105. The van der Waals surface area contributed by atoms with E-state index >= 15 is 0 Å². The van der Waals surface area contributed by atoms with E-state index in [2.05, 4.69) is 43.2 Å². The summed E-state index contributed by atoms with van der Waals surface area (Å²) in [5, 5.41) is 31.2. The van der Waals surface area contributed by atoms with Crippen molar-refractivity contribution in [2.75, 3.05) is 24.0 Å². The zero-order valence-corrected chi connectivity index (χ0v) is 25.0. The highest BCUT2D eigenvalue weighted by Crippen LogP contribution is 2.65. The number of aromatic hydroxyl groups is 1. The summed E-state index contributed by atoms with van der Waals surface area (Å²) in [6.07, 6.45) is -0.654. The third kappa shape index (κ3) is 5.09. The van der Waals surface area contributed by atoms with E-state index in [4.69, 9.17) is 38.7 Å². The van der Waals surface area contributed by atoms with Gasteiger partial charge in [0.2, 0.25) is 17.6 Å². The molecule has 0 amide bonds. The van der Waals surface area contributed by atoms with Crippen LogP contribution in [0.25, 0.3) is 17.0 Å². The highest BCUT2D eigenvalue weighted by Gasteiger charge is 2.52. The topological polar surface area (TPSA) is 315 Å². The van der Waals surface area contributed by atoms with Gasteiger partial charge in [-0.25, -0.2) is 9.55 Å². The van der Waals surface area contributed by atoms with Crippen LogP contribution in [0.4, 0.5) is 11.8 Å². The predicted octanol–water partition coefficient (Wildman–Crippen LogP) is -1.77. The van der Waals surface area contributed by atoms with Gasteiger partial charge < -0.3 is 46.4 Å². The van der Waals surface area contributed by atoms with Crippen molar-refractivity contribution in [3.8, 4) is 11.5 Å². The van der Waals surface area contributed by atoms with Gasteiger partial charge in [0.25, 0.3) is 23.0 Å². The number of hydrogen-bond acceptors (Lipinski definition) is 21. The van der Waals surface area contributed by atoms with Gasteiger partial charge in [0.15, 0.2) is 41.7 Å². The molecule has 7 rings (SSSR count). The Bertz CT molecular complexity index is 1870. The molecule has 7 heterocycles. The first-order chi connectivity index (χ1) is 21.3. The molecule has 0 aromatic carbocycles. The molecular weight excluding hydrogens is 666 g/mol. The number of aliphatic hydroxyl groups excluding tert-OH is 1. The molecule has 4 aliphatic heterocycles. The van der Waals surface area contributed by atoms with Gasteiger partial charge in [-0.1, -0.05) is 0 Å². The lowest BCUT2D eigenvalue weighted by molar-refractivity contribution is 0.102. The number of anilines is 2. The summed E-state index contributed by atoms with van der Waals surface area (Å²) >= 11 is 4.06. The van der Waals surface area contributed by atoms with E-state index in [1.54, 1.807) is 0 Å². The minimum Gasteiger partial charge on any atom is -0.500 e. The molecule has 0 radical (unpaired) electrons. The van der Waals surface area contributed by atoms with Crippen LogP contribution in [-0.4, -0.2) is 70.0 Å². The second-order valence-corrected chi connectivity index (χ2v) is 13.9. The molecule has 45 heavy (non-hydrogen) atoms. The molecule has 3 aromatic heterocycles. The molecule has 2 bridgehead atoms. The average molecular weight is 690 g/mol. The normalized spacial score (nSPS) is 27.3. The Labute approximate surface area is 255 Å². The van der Waals surface area contributed by atoms with Crippen LogP contribution in [0.5, 0.6) is 11.5 Å². The summed E-state index contributed by atoms with van der Waals surface area (Å²) in [5.41, 5.74) is 11.2.